The molecular weight excluding hydrogens is 274 g/mol. The average molecular weight is 289 g/mol. The Hall–Kier alpha value is -2.95. The molecule has 4 aromatic rings. The lowest BCUT2D eigenvalue weighted by Gasteiger charge is -2.21. The molecule has 0 unspecified atom stereocenters. The van der Waals surface area contributed by atoms with E-state index in [1.54, 1.807) is 6.33 Å². The zero-order valence-electron chi connectivity index (χ0n) is 12.4. The predicted octanol–water partition coefficient (Wildman–Crippen LogP) is 3.35. The molecule has 0 spiro atoms. The van der Waals surface area contributed by atoms with E-state index < -0.39 is 0 Å². The number of anilines is 2. The van der Waals surface area contributed by atoms with Crippen LogP contribution in [0.15, 0.2) is 54.9 Å². The maximum absolute atomic E-state index is 4.72. The molecule has 0 radical (unpaired) electrons. The van der Waals surface area contributed by atoms with Gasteiger partial charge in [0.2, 0.25) is 0 Å². The molecule has 0 fully saturated rings. The summed E-state index contributed by atoms with van der Waals surface area (Å²) in [5, 5.41) is 9.21. The van der Waals surface area contributed by atoms with E-state index in [0.29, 0.717) is 5.78 Å². The number of benzene rings is 2. The average Bonchev–Trinajstić information content (AvgIpc) is 3.03. The fourth-order valence-corrected chi connectivity index (χ4v) is 2.79. The highest BCUT2D eigenvalue weighted by atomic mass is 15.3. The second-order valence-electron chi connectivity index (χ2n) is 5.30. The number of hydrogen-bond donors (Lipinski definition) is 0. The molecule has 22 heavy (non-hydrogen) atoms. The standard InChI is InChI=1S/C17H15N5/c1-12-7-6-10-14-15(12)16(19-17-20-18-11-22(14)17)21(2)13-8-4-3-5-9-13/h3-11H,1-2H3. The minimum atomic E-state index is 0.607. The summed E-state index contributed by atoms with van der Waals surface area (Å²) in [7, 11) is 2.02. The summed E-state index contributed by atoms with van der Waals surface area (Å²) < 4.78 is 1.92. The van der Waals surface area contributed by atoms with Crippen LogP contribution in [0.2, 0.25) is 0 Å². The van der Waals surface area contributed by atoms with Crippen LogP contribution in [0.3, 0.4) is 0 Å². The summed E-state index contributed by atoms with van der Waals surface area (Å²) in [6.07, 6.45) is 1.70. The van der Waals surface area contributed by atoms with Crippen LogP contribution < -0.4 is 4.90 Å². The van der Waals surface area contributed by atoms with E-state index in [0.717, 1.165) is 22.4 Å². The van der Waals surface area contributed by atoms with Crippen LogP contribution in [0.25, 0.3) is 16.7 Å². The van der Waals surface area contributed by atoms with Gasteiger partial charge in [-0.3, -0.25) is 4.40 Å². The Morgan fingerprint density at radius 2 is 1.82 bits per heavy atom. The molecule has 0 N–H and O–H groups in total. The highest BCUT2D eigenvalue weighted by molar-refractivity contribution is 5.95. The second kappa shape index (κ2) is 4.80. The lowest BCUT2D eigenvalue weighted by molar-refractivity contribution is 1.08. The van der Waals surface area contributed by atoms with E-state index in [4.69, 9.17) is 4.98 Å². The van der Waals surface area contributed by atoms with Gasteiger partial charge in [0.1, 0.15) is 12.1 Å². The highest BCUT2D eigenvalue weighted by Crippen LogP contribution is 2.31. The van der Waals surface area contributed by atoms with Gasteiger partial charge in [-0.2, -0.15) is 4.98 Å². The number of aryl methyl sites for hydroxylation is 1. The normalized spacial score (nSPS) is 11.2. The van der Waals surface area contributed by atoms with Crippen molar-refractivity contribution in [2.24, 2.45) is 0 Å². The van der Waals surface area contributed by atoms with Gasteiger partial charge in [0.25, 0.3) is 5.78 Å². The van der Waals surface area contributed by atoms with Crippen LogP contribution in [0.4, 0.5) is 11.5 Å². The second-order valence-corrected chi connectivity index (χ2v) is 5.30. The first-order chi connectivity index (χ1) is 10.8. The van der Waals surface area contributed by atoms with E-state index in [-0.39, 0.29) is 0 Å². The third-order valence-corrected chi connectivity index (χ3v) is 3.93. The largest absolute Gasteiger partial charge is 0.329 e. The third-order valence-electron chi connectivity index (χ3n) is 3.93. The molecule has 108 valence electrons. The van der Waals surface area contributed by atoms with E-state index in [1.165, 1.54) is 5.56 Å². The number of rotatable bonds is 2. The Kier molecular flexibility index (Phi) is 2.79. The van der Waals surface area contributed by atoms with Crippen molar-refractivity contribution in [3.8, 4) is 0 Å². The molecule has 0 saturated heterocycles. The van der Waals surface area contributed by atoms with Crippen LogP contribution in [-0.4, -0.2) is 26.6 Å². The molecule has 0 saturated carbocycles. The molecule has 5 heteroatoms. The van der Waals surface area contributed by atoms with Crippen molar-refractivity contribution in [2.75, 3.05) is 11.9 Å². The van der Waals surface area contributed by atoms with Gasteiger partial charge in [-0.05, 0) is 30.7 Å². The topological polar surface area (TPSA) is 46.3 Å². The Morgan fingerprint density at radius 3 is 2.64 bits per heavy atom. The quantitative estimate of drug-likeness (QED) is 0.567. The van der Waals surface area contributed by atoms with E-state index in [1.807, 2.05) is 35.7 Å². The summed E-state index contributed by atoms with van der Waals surface area (Å²) in [5.74, 6) is 1.50. The molecule has 0 amide bonds. The molecule has 2 heterocycles. The van der Waals surface area contributed by atoms with E-state index in [9.17, 15) is 0 Å². The maximum Gasteiger partial charge on any atom is 0.257 e. The lowest BCUT2D eigenvalue weighted by Crippen LogP contribution is -2.13. The molecule has 0 aliphatic heterocycles. The fraction of sp³-hybridized carbons (Fsp3) is 0.118. The SMILES string of the molecule is Cc1cccc2c1c(N(C)c1ccccc1)nc1nncn12. The van der Waals surface area contributed by atoms with Crippen LogP contribution >= 0.6 is 0 Å². The van der Waals surface area contributed by atoms with Crippen molar-refractivity contribution in [1.29, 1.82) is 0 Å². The monoisotopic (exact) mass is 289 g/mol. The zero-order chi connectivity index (χ0) is 15.1. The maximum atomic E-state index is 4.72. The van der Waals surface area contributed by atoms with Crippen molar-refractivity contribution in [2.45, 2.75) is 6.92 Å². The van der Waals surface area contributed by atoms with Gasteiger partial charge in [-0.15, -0.1) is 10.2 Å². The van der Waals surface area contributed by atoms with Gasteiger partial charge >= 0.3 is 0 Å². The smallest absolute Gasteiger partial charge is 0.257 e. The first-order valence-corrected chi connectivity index (χ1v) is 7.13. The van der Waals surface area contributed by atoms with Crippen molar-refractivity contribution in [3.05, 3.63) is 60.4 Å². The van der Waals surface area contributed by atoms with Gasteiger partial charge in [0.15, 0.2) is 0 Å². The molecule has 4 rings (SSSR count). The highest BCUT2D eigenvalue weighted by Gasteiger charge is 2.15. The van der Waals surface area contributed by atoms with Crippen LogP contribution in [0.5, 0.6) is 0 Å². The molecule has 0 aliphatic rings. The Bertz CT molecular complexity index is 959. The summed E-state index contributed by atoms with van der Waals surface area (Å²) >= 11 is 0. The number of nitrogens with zero attached hydrogens (tertiary/aromatic N) is 5. The van der Waals surface area contributed by atoms with Gasteiger partial charge in [0.05, 0.1) is 5.52 Å². The molecule has 0 bridgehead atoms. The van der Waals surface area contributed by atoms with Gasteiger partial charge in [0, 0.05) is 18.1 Å². The van der Waals surface area contributed by atoms with Crippen molar-refractivity contribution < 1.29 is 0 Å². The van der Waals surface area contributed by atoms with Crippen molar-refractivity contribution in [3.63, 3.8) is 0 Å². The minimum Gasteiger partial charge on any atom is -0.329 e. The van der Waals surface area contributed by atoms with Crippen molar-refractivity contribution >= 4 is 28.2 Å². The fourth-order valence-electron chi connectivity index (χ4n) is 2.79. The lowest BCUT2D eigenvalue weighted by atomic mass is 10.1. The van der Waals surface area contributed by atoms with E-state index >= 15 is 0 Å². The minimum absolute atomic E-state index is 0.607. The summed E-state index contributed by atoms with van der Waals surface area (Å²) in [4.78, 5) is 6.80. The van der Waals surface area contributed by atoms with Crippen molar-refractivity contribution in [1.82, 2.24) is 19.6 Å². The molecule has 0 atom stereocenters. The Balaban J connectivity index is 2.07. The predicted molar refractivity (Wildman–Crippen MR) is 87.5 cm³/mol. The van der Waals surface area contributed by atoms with Crippen LogP contribution in [-0.2, 0) is 0 Å². The third kappa shape index (κ3) is 1.83. The van der Waals surface area contributed by atoms with Gasteiger partial charge in [-0.1, -0.05) is 30.3 Å². The Morgan fingerprint density at radius 1 is 1.00 bits per heavy atom. The summed E-state index contributed by atoms with van der Waals surface area (Å²) in [6.45, 7) is 2.10. The van der Waals surface area contributed by atoms with Gasteiger partial charge < -0.3 is 4.90 Å². The number of fused-ring (bicyclic) bond motifs is 3. The summed E-state index contributed by atoms with van der Waals surface area (Å²) in [6, 6.07) is 16.4. The number of aromatic nitrogens is 4. The molecule has 2 aromatic carbocycles. The molecule has 2 aromatic heterocycles. The van der Waals surface area contributed by atoms with Gasteiger partial charge in [-0.25, -0.2) is 0 Å². The molecule has 0 aliphatic carbocycles. The summed E-state index contributed by atoms with van der Waals surface area (Å²) in [5.41, 5.74) is 3.33. The first-order valence-electron chi connectivity index (χ1n) is 7.13. The van der Waals surface area contributed by atoms with Crippen LogP contribution in [0, 0.1) is 6.92 Å². The molecule has 5 nitrogen and oxygen atoms in total. The Labute approximate surface area is 127 Å². The number of para-hydroxylation sites is 1. The van der Waals surface area contributed by atoms with E-state index in [2.05, 4.69) is 46.3 Å². The first kappa shape index (κ1) is 12.8. The molecular formula is C17H15N5. The van der Waals surface area contributed by atoms with Crippen LogP contribution in [0.1, 0.15) is 5.56 Å². The number of hydrogen-bond acceptors (Lipinski definition) is 4. The zero-order valence-corrected chi connectivity index (χ0v) is 12.4.